The smallest absolute Gasteiger partial charge is 0.152 e. The summed E-state index contributed by atoms with van der Waals surface area (Å²) >= 11 is 0. The molecule has 0 spiro atoms. The molecule has 0 bridgehead atoms. The fourth-order valence-corrected chi connectivity index (χ4v) is 1.22. The largest absolute Gasteiger partial charge is 0.306 e. The predicted octanol–water partition coefficient (Wildman–Crippen LogP) is 1.68. The maximum Gasteiger partial charge on any atom is 0.152 e. The summed E-state index contributed by atoms with van der Waals surface area (Å²) in [7, 11) is 0. The number of hydrogen-bond donors (Lipinski definition) is 0. The molecule has 0 atom stereocenters. The van der Waals surface area contributed by atoms with Crippen LogP contribution in [-0.2, 0) is 0 Å². The average Bonchev–Trinajstić information content (AvgIpc) is 2.70. The fraction of sp³-hybridized carbons (Fsp3) is 0. The number of rotatable bonds is 2. The van der Waals surface area contributed by atoms with Crippen LogP contribution < -0.4 is 0 Å². The molecular weight excluding hydrogens is 164 g/mol. The first-order chi connectivity index (χ1) is 6.42. The van der Waals surface area contributed by atoms with Gasteiger partial charge in [0, 0.05) is 18.0 Å². The molecule has 2 rings (SSSR count). The first kappa shape index (κ1) is 7.73. The Bertz CT molecular complexity index is 407. The van der Waals surface area contributed by atoms with Gasteiger partial charge < -0.3 is 4.57 Å². The molecule has 3 heteroatoms. The summed E-state index contributed by atoms with van der Waals surface area (Å²) in [6, 6.07) is 7.39. The highest BCUT2D eigenvalue weighted by molar-refractivity contribution is 5.80. The van der Waals surface area contributed by atoms with Crippen LogP contribution in [0.25, 0.3) is 5.69 Å². The van der Waals surface area contributed by atoms with Gasteiger partial charge in [0.15, 0.2) is 6.29 Å². The first-order valence-corrected chi connectivity index (χ1v) is 3.94. The van der Waals surface area contributed by atoms with E-state index in [0.29, 0.717) is 5.56 Å². The van der Waals surface area contributed by atoms with Gasteiger partial charge in [-0.2, -0.15) is 0 Å². The van der Waals surface area contributed by atoms with E-state index < -0.39 is 0 Å². The van der Waals surface area contributed by atoms with Crippen molar-refractivity contribution in [3.63, 3.8) is 0 Å². The van der Waals surface area contributed by atoms with E-state index in [0.717, 1.165) is 12.0 Å². The highest BCUT2D eigenvalue weighted by Gasteiger charge is 2.00. The Morgan fingerprint density at radius 3 is 2.85 bits per heavy atom. The van der Waals surface area contributed by atoms with Crippen molar-refractivity contribution in [3.8, 4) is 5.69 Å². The second-order valence-corrected chi connectivity index (χ2v) is 2.65. The topological polar surface area (TPSA) is 34.9 Å². The summed E-state index contributed by atoms with van der Waals surface area (Å²) in [6.07, 6.45) is 6.00. The SMILES string of the molecule is O=Cc1ccccc1-n1ccnc1. The molecule has 0 saturated heterocycles. The summed E-state index contributed by atoms with van der Waals surface area (Å²) in [5.41, 5.74) is 1.52. The van der Waals surface area contributed by atoms with E-state index in [9.17, 15) is 4.79 Å². The van der Waals surface area contributed by atoms with E-state index >= 15 is 0 Å². The van der Waals surface area contributed by atoms with Gasteiger partial charge in [0.05, 0.1) is 12.0 Å². The van der Waals surface area contributed by atoms with Crippen LogP contribution in [0.4, 0.5) is 0 Å². The van der Waals surface area contributed by atoms with E-state index in [4.69, 9.17) is 0 Å². The first-order valence-electron chi connectivity index (χ1n) is 3.94. The van der Waals surface area contributed by atoms with Crippen LogP contribution in [-0.4, -0.2) is 15.8 Å². The predicted molar refractivity (Wildman–Crippen MR) is 49.0 cm³/mol. The number of benzene rings is 1. The summed E-state index contributed by atoms with van der Waals surface area (Å²) in [5, 5.41) is 0. The van der Waals surface area contributed by atoms with Crippen LogP contribution in [0, 0.1) is 0 Å². The number of imidazole rings is 1. The van der Waals surface area contributed by atoms with E-state index in [1.54, 1.807) is 18.6 Å². The van der Waals surface area contributed by atoms with Crippen LogP contribution in [0.15, 0.2) is 43.0 Å². The summed E-state index contributed by atoms with van der Waals surface area (Å²) in [5.74, 6) is 0. The molecule has 0 aliphatic carbocycles. The van der Waals surface area contributed by atoms with E-state index in [2.05, 4.69) is 4.98 Å². The van der Waals surface area contributed by atoms with Gasteiger partial charge in [-0.3, -0.25) is 4.79 Å². The number of aldehydes is 1. The minimum atomic E-state index is 0.667. The lowest BCUT2D eigenvalue weighted by Gasteiger charge is -2.03. The number of carbonyl (C=O) groups is 1. The molecular formula is C10H8N2O. The van der Waals surface area contributed by atoms with Gasteiger partial charge in [0.2, 0.25) is 0 Å². The Labute approximate surface area is 75.7 Å². The molecule has 0 radical (unpaired) electrons. The summed E-state index contributed by atoms with van der Waals surface area (Å²) in [6.45, 7) is 0. The standard InChI is InChI=1S/C10H8N2O/c13-7-9-3-1-2-4-10(9)12-6-5-11-8-12/h1-8H. The Kier molecular flexibility index (Phi) is 1.92. The number of carbonyl (C=O) groups excluding carboxylic acids is 1. The normalized spacial score (nSPS) is 9.85. The van der Waals surface area contributed by atoms with Crippen LogP contribution in [0.3, 0.4) is 0 Å². The van der Waals surface area contributed by atoms with Crippen molar-refractivity contribution < 1.29 is 4.79 Å². The molecule has 0 fully saturated rings. The molecule has 0 aliphatic heterocycles. The number of para-hydroxylation sites is 1. The van der Waals surface area contributed by atoms with E-state index in [1.165, 1.54) is 0 Å². The Morgan fingerprint density at radius 2 is 2.15 bits per heavy atom. The van der Waals surface area contributed by atoms with Gasteiger partial charge in [-0.15, -0.1) is 0 Å². The van der Waals surface area contributed by atoms with Crippen molar-refractivity contribution >= 4 is 6.29 Å². The molecule has 0 N–H and O–H groups in total. The van der Waals surface area contributed by atoms with Crippen LogP contribution in [0.2, 0.25) is 0 Å². The van der Waals surface area contributed by atoms with Crippen molar-refractivity contribution in [2.45, 2.75) is 0 Å². The molecule has 0 aliphatic rings. The third-order valence-electron chi connectivity index (χ3n) is 1.85. The van der Waals surface area contributed by atoms with Gasteiger partial charge in [-0.1, -0.05) is 12.1 Å². The molecule has 0 unspecified atom stereocenters. The van der Waals surface area contributed by atoms with Gasteiger partial charge in [-0.05, 0) is 12.1 Å². The lowest BCUT2D eigenvalue weighted by atomic mass is 10.2. The van der Waals surface area contributed by atoms with Crippen molar-refractivity contribution in [1.29, 1.82) is 0 Å². The third-order valence-corrected chi connectivity index (χ3v) is 1.85. The number of hydrogen-bond acceptors (Lipinski definition) is 2. The second-order valence-electron chi connectivity index (χ2n) is 2.65. The highest BCUT2D eigenvalue weighted by atomic mass is 16.1. The molecule has 2 aromatic rings. The minimum absolute atomic E-state index is 0.667. The summed E-state index contributed by atoms with van der Waals surface area (Å²) < 4.78 is 1.81. The van der Waals surface area contributed by atoms with Gasteiger partial charge in [-0.25, -0.2) is 4.98 Å². The Hall–Kier alpha value is -1.90. The zero-order valence-electron chi connectivity index (χ0n) is 6.92. The quantitative estimate of drug-likeness (QED) is 0.646. The molecule has 0 saturated carbocycles. The van der Waals surface area contributed by atoms with Gasteiger partial charge >= 0.3 is 0 Å². The zero-order valence-corrected chi connectivity index (χ0v) is 6.92. The number of aromatic nitrogens is 2. The van der Waals surface area contributed by atoms with Crippen molar-refractivity contribution in [3.05, 3.63) is 48.5 Å². The molecule has 1 aromatic heterocycles. The average molecular weight is 172 g/mol. The van der Waals surface area contributed by atoms with Gasteiger partial charge in [0.25, 0.3) is 0 Å². The van der Waals surface area contributed by atoms with E-state index in [1.807, 2.05) is 29.0 Å². The maximum absolute atomic E-state index is 10.7. The monoisotopic (exact) mass is 172 g/mol. The molecule has 1 heterocycles. The Balaban J connectivity index is 2.57. The molecule has 13 heavy (non-hydrogen) atoms. The molecule has 3 nitrogen and oxygen atoms in total. The van der Waals surface area contributed by atoms with Crippen LogP contribution in [0.5, 0.6) is 0 Å². The second kappa shape index (κ2) is 3.23. The lowest BCUT2D eigenvalue weighted by molar-refractivity contribution is 0.112. The Morgan fingerprint density at radius 1 is 1.31 bits per heavy atom. The third kappa shape index (κ3) is 1.36. The maximum atomic E-state index is 10.7. The van der Waals surface area contributed by atoms with Crippen LogP contribution in [0.1, 0.15) is 10.4 Å². The highest BCUT2D eigenvalue weighted by Crippen LogP contribution is 2.11. The fourth-order valence-electron chi connectivity index (χ4n) is 1.22. The molecule has 64 valence electrons. The van der Waals surface area contributed by atoms with Crippen molar-refractivity contribution in [2.24, 2.45) is 0 Å². The van der Waals surface area contributed by atoms with Crippen LogP contribution >= 0.6 is 0 Å². The minimum Gasteiger partial charge on any atom is -0.306 e. The van der Waals surface area contributed by atoms with Crippen molar-refractivity contribution in [2.75, 3.05) is 0 Å². The molecule has 1 aromatic carbocycles. The van der Waals surface area contributed by atoms with E-state index in [-0.39, 0.29) is 0 Å². The lowest BCUT2D eigenvalue weighted by Crippen LogP contribution is -1.95. The zero-order chi connectivity index (χ0) is 9.10. The van der Waals surface area contributed by atoms with Crippen molar-refractivity contribution in [1.82, 2.24) is 9.55 Å². The van der Waals surface area contributed by atoms with Gasteiger partial charge in [0.1, 0.15) is 0 Å². The number of nitrogens with zero attached hydrogens (tertiary/aromatic N) is 2. The molecule has 0 amide bonds. The summed E-state index contributed by atoms with van der Waals surface area (Å²) in [4.78, 5) is 14.6.